The minimum Gasteiger partial charge on any atom is -0.348 e. The maximum absolute atomic E-state index is 11.6. The summed E-state index contributed by atoms with van der Waals surface area (Å²) in [6.45, 7) is 11.5. The summed E-state index contributed by atoms with van der Waals surface area (Å²) < 4.78 is 0. The molecular weight excluding hydrogens is 336 g/mol. The molecule has 1 aromatic heterocycles. The normalized spacial score (nSPS) is 30.6. The van der Waals surface area contributed by atoms with Gasteiger partial charge in [0.1, 0.15) is 17.4 Å². The van der Waals surface area contributed by atoms with E-state index >= 15 is 0 Å². The van der Waals surface area contributed by atoms with E-state index in [0.29, 0.717) is 23.8 Å². The van der Waals surface area contributed by atoms with Crippen molar-refractivity contribution in [3.8, 4) is 0 Å². The number of Topliss-reactive ketones (excluding diaryl/α,β-unsaturated/α-hetero) is 1. The minimum atomic E-state index is 0.261. The molecule has 0 N–H and O–H groups in total. The average Bonchev–Trinajstić information content (AvgIpc) is 2.99. The highest BCUT2D eigenvalue weighted by atomic mass is 16.1. The Kier molecular flexibility index (Phi) is 6.85. The van der Waals surface area contributed by atoms with E-state index in [0.717, 1.165) is 57.0 Å². The highest BCUT2D eigenvalue weighted by molar-refractivity contribution is 5.78. The van der Waals surface area contributed by atoms with E-state index in [4.69, 9.17) is 4.98 Å². The molecule has 2 atom stereocenters. The van der Waals surface area contributed by atoms with Crippen molar-refractivity contribution < 1.29 is 4.79 Å². The zero-order valence-corrected chi connectivity index (χ0v) is 17.5. The van der Waals surface area contributed by atoms with E-state index in [1.54, 1.807) is 6.92 Å². The molecule has 0 aromatic carbocycles. The summed E-state index contributed by atoms with van der Waals surface area (Å²) >= 11 is 0. The van der Waals surface area contributed by atoms with Gasteiger partial charge < -0.3 is 4.90 Å². The quantitative estimate of drug-likeness (QED) is 0.798. The summed E-state index contributed by atoms with van der Waals surface area (Å²) in [7, 11) is 0. The Labute approximate surface area is 164 Å². The van der Waals surface area contributed by atoms with Gasteiger partial charge in [-0.2, -0.15) is 0 Å². The van der Waals surface area contributed by atoms with E-state index in [1.165, 1.54) is 12.8 Å². The van der Waals surface area contributed by atoms with Crippen LogP contribution in [0.1, 0.15) is 78.0 Å². The predicted octanol–water partition coefficient (Wildman–Crippen LogP) is 4.04. The lowest BCUT2D eigenvalue weighted by Crippen LogP contribution is -2.54. The Morgan fingerprint density at radius 3 is 2.26 bits per heavy atom. The summed E-state index contributed by atoms with van der Waals surface area (Å²) in [6, 6.07) is 3.31. The van der Waals surface area contributed by atoms with E-state index in [2.05, 4.69) is 27.8 Å². The molecule has 1 saturated carbocycles. The molecule has 2 aliphatic heterocycles. The maximum atomic E-state index is 11.6. The lowest BCUT2D eigenvalue weighted by molar-refractivity contribution is -0.121. The molecule has 5 heteroatoms. The Balaban J connectivity index is 0.00000102. The van der Waals surface area contributed by atoms with Crippen LogP contribution in [0, 0.1) is 5.92 Å². The second-order valence-corrected chi connectivity index (χ2v) is 8.08. The van der Waals surface area contributed by atoms with Crippen molar-refractivity contribution in [2.45, 2.75) is 84.2 Å². The molecule has 150 valence electrons. The molecule has 2 saturated heterocycles. The first kappa shape index (κ1) is 20.2. The van der Waals surface area contributed by atoms with Crippen molar-refractivity contribution in [1.29, 1.82) is 0 Å². The van der Waals surface area contributed by atoms with Crippen molar-refractivity contribution in [3.63, 3.8) is 0 Å². The summed E-state index contributed by atoms with van der Waals surface area (Å²) in [5.74, 6) is 3.15. The molecule has 0 radical (unpaired) electrons. The van der Waals surface area contributed by atoms with Crippen molar-refractivity contribution in [1.82, 2.24) is 14.9 Å². The summed E-state index contributed by atoms with van der Waals surface area (Å²) in [4.78, 5) is 26.3. The number of anilines is 1. The number of hydrogen-bond acceptors (Lipinski definition) is 5. The van der Waals surface area contributed by atoms with Crippen LogP contribution >= 0.6 is 0 Å². The molecule has 3 aliphatic rings. The zero-order valence-electron chi connectivity index (χ0n) is 17.5. The number of rotatable bonds is 4. The van der Waals surface area contributed by atoms with Crippen LogP contribution in [-0.2, 0) is 4.79 Å². The highest BCUT2D eigenvalue weighted by Gasteiger charge is 2.40. The van der Waals surface area contributed by atoms with Gasteiger partial charge in [-0.1, -0.05) is 20.8 Å². The standard InChI is InChI=1S/C20H30N4O.C2H6/c1-3-23-12-17-8-9-18(13-23)24(17)19-10-11-21-20(22-19)16-6-4-15(5-7-16)14(2)25;1-2/h10-11,15-18H,3-9,12-13H2,1-2H3;1-2H3. The van der Waals surface area contributed by atoms with Crippen molar-refractivity contribution >= 4 is 11.6 Å². The average molecular weight is 373 g/mol. The van der Waals surface area contributed by atoms with Crippen LogP contribution in [-0.4, -0.2) is 52.4 Å². The second-order valence-electron chi connectivity index (χ2n) is 8.08. The van der Waals surface area contributed by atoms with Crippen LogP contribution in [0.25, 0.3) is 0 Å². The van der Waals surface area contributed by atoms with Gasteiger partial charge in [0.2, 0.25) is 0 Å². The number of carbonyl (C=O) groups excluding carboxylic acids is 1. The Morgan fingerprint density at radius 2 is 1.70 bits per heavy atom. The Hall–Kier alpha value is -1.49. The monoisotopic (exact) mass is 372 g/mol. The predicted molar refractivity (Wildman–Crippen MR) is 110 cm³/mol. The third kappa shape index (κ3) is 4.34. The van der Waals surface area contributed by atoms with Gasteiger partial charge >= 0.3 is 0 Å². The van der Waals surface area contributed by atoms with Crippen LogP contribution in [0.2, 0.25) is 0 Å². The summed E-state index contributed by atoms with van der Waals surface area (Å²) in [5.41, 5.74) is 0. The minimum absolute atomic E-state index is 0.261. The first-order chi connectivity index (χ1) is 13.2. The van der Waals surface area contributed by atoms with Gasteiger partial charge in [-0.15, -0.1) is 0 Å². The largest absolute Gasteiger partial charge is 0.348 e. The molecule has 3 heterocycles. The SMILES string of the molecule is CC.CCN1CC2CCC(C1)N2c1ccnc(C2CCC(C(C)=O)CC2)n1. The number of likely N-dealkylation sites (N-methyl/N-ethyl adjacent to an activating group) is 1. The van der Waals surface area contributed by atoms with E-state index in [-0.39, 0.29) is 5.92 Å². The van der Waals surface area contributed by atoms with Crippen LogP contribution in [0.4, 0.5) is 5.82 Å². The first-order valence-electron chi connectivity index (χ1n) is 11.0. The lowest BCUT2D eigenvalue weighted by Gasteiger charge is -2.41. The van der Waals surface area contributed by atoms with E-state index in [1.807, 2.05) is 20.0 Å². The fourth-order valence-electron chi connectivity index (χ4n) is 5.08. The van der Waals surface area contributed by atoms with Gasteiger partial charge in [0.05, 0.1) is 0 Å². The third-order valence-corrected chi connectivity index (χ3v) is 6.60. The van der Waals surface area contributed by atoms with Gasteiger partial charge in [0.15, 0.2) is 0 Å². The molecule has 2 bridgehead atoms. The molecule has 4 rings (SSSR count). The lowest BCUT2D eigenvalue weighted by atomic mass is 9.80. The molecule has 3 fully saturated rings. The third-order valence-electron chi connectivity index (χ3n) is 6.60. The van der Waals surface area contributed by atoms with Gasteiger partial charge in [0.25, 0.3) is 0 Å². The first-order valence-corrected chi connectivity index (χ1v) is 11.0. The van der Waals surface area contributed by atoms with Gasteiger partial charge in [-0.3, -0.25) is 9.69 Å². The Bertz CT molecular complexity index is 612. The number of piperazine rings is 1. The fraction of sp³-hybridized carbons (Fsp3) is 0.773. The molecule has 2 unspecified atom stereocenters. The maximum Gasteiger partial charge on any atom is 0.133 e. The molecule has 5 nitrogen and oxygen atoms in total. The Morgan fingerprint density at radius 1 is 1.07 bits per heavy atom. The number of fused-ring (bicyclic) bond motifs is 2. The topological polar surface area (TPSA) is 49.3 Å². The molecular formula is C22H36N4O. The van der Waals surface area contributed by atoms with Crippen molar-refractivity contribution in [3.05, 3.63) is 18.1 Å². The number of nitrogens with zero attached hydrogens (tertiary/aromatic N) is 4. The summed E-state index contributed by atoms with van der Waals surface area (Å²) in [6.07, 6.45) is 8.59. The number of carbonyl (C=O) groups is 1. The number of ketones is 1. The van der Waals surface area contributed by atoms with Crippen molar-refractivity contribution in [2.75, 3.05) is 24.5 Å². The van der Waals surface area contributed by atoms with Crippen LogP contribution < -0.4 is 4.90 Å². The smallest absolute Gasteiger partial charge is 0.133 e. The van der Waals surface area contributed by atoms with Gasteiger partial charge in [0, 0.05) is 43.2 Å². The number of aromatic nitrogens is 2. The number of likely N-dealkylation sites (tertiary alicyclic amines) is 1. The molecule has 0 spiro atoms. The molecule has 0 amide bonds. The van der Waals surface area contributed by atoms with Gasteiger partial charge in [-0.25, -0.2) is 9.97 Å². The van der Waals surface area contributed by atoms with E-state index in [9.17, 15) is 4.79 Å². The highest BCUT2D eigenvalue weighted by Crippen LogP contribution is 2.37. The molecule has 27 heavy (non-hydrogen) atoms. The molecule has 1 aliphatic carbocycles. The molecule has 1 aromatic rings. The fourth-order valence-corrected chi connectivity index (χ4v) is 5.08. The zero-order chi connectivity index (χ0) is 19.4. The second kappa shape index (κ2) is 9.13. The van der Waals surface area contributed by atoms with Crippen LogP contribution in [0.3, 0.4) is 0 Å². The van der Waals surface area contributed by atoms with Crippen LogP contribution in [0.15, 0.2) is 12.3 Å². The van der Waals surface area contributed by atoms with Crippen molar-refractivity contribution in [2.24, 2.45) is 5.92 Å². The van der Waals surface area contributed by atoms with E-state index < -0.39 is 0 Å². The summed E-state index contributed by atoms with van der Waals surface area (Å²) in [5, 5.41) is 0. The van der Waals surface area contributed by atoms with Crippen LogP contribution in [0.5, 0.6) is 0 Å². The number of hydrogen-bond donors (Lipinski definition) is 0. The van der Waals surface area contributed by atoms with Gasteiger partial charge in [-0.05, 0) is 58.1 Å².